The van der Waals surface area contributed by atoms with Crippen LogP contribution in [0.5, 0.6) is 0 Å². The second kappa shape index (κ2) is 7.22. The van der Waals surface area contributed by atoms with Crippen LogP contribution in [0.15, 0.2) is 36.5 Å². The molecule has 0 unspecified atom stereocenters. The molecule has 0 aliphatic rings. The molecule has 0 heteroatoms. The molecule has 0 spiro atoms. The van der Waals surface area contributed by atoms with Crippen LogP contribution < -0.4 is 0 Å². The van der Waals surface area contributed by atoms with E-state index in [1.807, 2.05) is 26.0 Å². The highest BCUT2D eigenvalue weighted by molar-refractivity contribution is 5.03. The van der Waals surface area contributed by atoms with Gasteiger partial charge >= 0.3 is 0 Å². The highest BCUT2D eigenvalue weighted by Gasteiger charge is 1.64. The van der Waals surface area contributed by atoms with Gasteiger partial charge in [-0.25, -0.2) is 0 Å². The molecule has 0 aromatic rings. The summed E-state index contributed by atoms with van der Waals surface area (Å²) < 4.78 is 0. The van der Waals surface area contributed by atoms with Gasteiger partial charge in [0.05, 0.1) is 0 Å². The fourth-order valence-electron chi connectivity index (χ4n) is 0.483. The Kier molecular flexibility index (Phi) is 6.59. The Hall–Kier alpha value is -0.780. The monoisotopic (exact) mass is 122 g/mol. The Labute approximate surface area is 57.6 Å². The molecule has 0 amide bonds. The predicted molar refractivity (Wildman–Crippen MR) is 43.4 cm³/mol. The number of hydrogen-bond donors (Lipinski definition) is 0. The molecule has 0 aliphatic heterocycles. The van der Waals surface area contributed by atoms with E-state index in [0.717, 1.165) is 6.42 Å². The van der Waals surface area contributed by atoms with Crippen molar-refractivity contribution in [2.24, 2.45) is 0 Å². The van der Waals surface area contributed by atoms with Crippen molar-refractivity contribution in [3.8, 4) is 0 Å². The molecule has 0 radical (unpaired) electrons. The van der Waals surface area contributed by atoms with Crippen molar-refractivity contribution in [3.63, 3.8) is 0 Å². The first-order chi connectivity index (χ1) is 4.41. The molecule has 0 nitrogen and oxygen atoms in total. The molecule has 50 valence electrons. The number of rotatable bonds is 3. The van der Waals surface area contributed by atoms with Crippen molar-refractivity contribution in [2.45, 2.75) is 20.3 Å². The molecule has 0 N–H and O–H groups in total. The molecule has 0 aromatic heterocycles. The zero-order valence-electron chi connectivity index (χ0n) is 6.17. The van der Waals surface area contributed by atoms with Crippen LogP contribution in [0.1, 0.15) is 20.3 Å². The maximum Gasteiger partial charge on any atom is -0.0166 e. The van der Waals surface area contributed by atoms with E-state index in [1.54, 1.807) is 0 Å². The van der Waals surface area contributed by atoms with Crippen LogP contribution in [0.4, 0.5) is 0 Å². The Morgan fingerprint density at radius 3 is 2.22 bits per heavy atom. The predicted octanol–water partition coefficient (Wildman–Crippen LogP) is 3.08. The molecule has 0 fully saturated rings. The summed E-state index contributed by atoms with van der Waals surface area (Å²) in [5.41, 5.74) is 0. The van der Waals surface area contributed by atoms with Gasteiger partial charge in [0.1, 0.15) is 0 Å². The minimum Gasteiger partial charge on any atom is -0.0914 e. The molecule has 0 aliphatic carbocycles. The summed E-state index contributed by atoms with van der Waals surface area (Å²) in [5, 5.41) is 0. The lowest BCUT2D eigenvalue weighted by Crippen LogP contribution is -1.54. The largest absolute Gasteiger partial charge is 0.0914 e. The van der Waals surface area contributed by atoms with Crippen molar-refractivity contribution >= 4 is 0 Å². The molecule has 0 bridgehead atoms. The number of allylic oxidation sites excluding steroid dienone is 6. The maximum atomic E-state index is 2.12. The van der Waals surface area contributed by atoms with Crippen molar-refractivity contribution in [3.05, 3.63) is 36.5 Å². The maximum absolute atomic E-state index is 2.12. The molecule has 0 rings (SSSR count). The quantitative estimate of drug-likeness (QED) is 0.398. The van der Waals surface area contributed by atoms with E-state index in [1.165, 1.54) is 0 Å². The topological polar surface area (TPSA) is 0 Å². The van der Waals surface area contributed by atoms with E-state index < -0.39 is 0 Å². The van der Waals surface area contributed by atoms with Crippen molar-refractivity contribution in [2.75, 3.05) is 0 Å². The van der Waals surface area contributed by atoms with Crippen LogP contribution in [0, 0.1) is 0 Å². The fraction of sp³-hybridized carbons (Fsp3) is 0.333. The highest BCUT2D eigenvalue weighted by atomic mass is 13.7. The standard InChI is InChI=1S/C9H14/c1-3-5-7-9-8-6-4-2/h3-7,9H,8H2,1-2H3/b5-3+,6-4+,9-7-. The normalized spacial score (nSPS) is 12.7. The van der Waals surface area contributed by atoms with Gasteiger partial charge in [0, 0.05) is 0 Å². The summed E-state index contributed by atoms with van der Waals surface area (Å²) in [6.07, 6.45) is 13.5. The molecule has 0 atom stereocenters. The van der Waals surface area contributed by atoms with Gasteiger partial charge in [0.15, 0.2) is 0 Å². The SMILES string of the molecule is C/C=C/C=C\C/C=C/C. The van der Waals surface area contributed by atoms with Gasteiger partial charge in [0.2, 0.25) is 0 Å². The zero-order valence-corrected chi connectivity index (χ0v) is 6.17. The van der Waals surface area contributed by atoms with Gasteiger partial charge in [-0.05, 0) is 20.3 Å². The average Bonchev–Trinajstić information content (AvgIpc) is 1.89. The smallest absolute Gasteiger partial charge is 0.0166 e. The van der Waals surface area contributed by atoms with Crippen LogP contribution in [0.3, 0.4) is 0 Å². The van der Waals surface area contributed by atoms with Crippen LogP contribution in [0.25, 0.3) is 0 Å². The first-order valence-electron chi connectivity index (χ1n) is 3.30. The van der Waals surface area contributed by atoms with E-state index in [2.05, 4.69) is 24.3 Å². The van der Waals surface area contributed by atoms with E-state index in [9.17, 15) is 0 Å². The van der Waals surface area contributed by atoms with Crippen LogP contribution >= 0.6 is 0 Å². The lowest BCUT2D eigenvalue weighted by molar-refractivity contribution is 1.38. The Morgan fingerprint density at radius 1 is 0.889 bits per heavy atom. The lowest BCUT2D eigenvalue weighted by Gasteiger charge is -1.75. The van der Waals surface area contributed by atoms with Gasteiger partial charge < -0.3 is 0 Å². The first-order valence-corrected chi connectivity index (χ1v) is 3.30. The zero-order chi connectivity index (χ0) is 6.95. The third kappa shape index (κ3) is 7.22. The summed E-state index contributed by atoms with van der Waals surface area (Å²) in [6, 6.07) is 0. The second-order valence-electron chi connectivity index (χ2n) is 1.76. The third-order valence-corrected chi connectivity index (χ3v) is 0.948. The van der Waals surface area contributed by atoms with Crippen molar-refractivity contribution in [1.29, 1.82) is 0 Å². The summed E-state index contributed by atoms with van der Waals surface area (Å²) in [6.45, 7) is 4.05. The summed E-state index contributed by atoms with van der Waals surface area (Å²) in [5.74, 6) is 0. The second-order valence-corrected chi connectivity index (χ2v) is 1.76. The van der Waals surface area contributed by atoms with Crippen molar-refractivity contribution in [1.82, 2.24) is 0 Å². The van der Waals surface area contributed by atoms with E-state index in [4.69, 9.17) is 0 Å². The summed E-state index contributed by atoms with van der Waals surface area (Å²) in [4.78, 5) is 0. The van der Waals surface area contributed by atoms with Gasteiger partial charge in [-0.3, -0.25) is 0 Å². The van der Waals surface area contributed by atoms with Gasteiger partial charge in [-0.15, -0.1) is 0 Å². The minimum atomic E-state index is 1.04. The minimum absolute atomic E-state index is 1.04. The Bertz CT molecular complexity index is 116. The first kappa shape index (κ1) is 8.22. The molecule has 0 heterocycles. The van der Waals surface area contributed by atoms with E-state index >= 15 is 0 Å². The lowest BCUT2D eigenvalue weighted by atomic mass is 10.3. The van der Waals surface area contributed by atoms with Gasteiger partial charge in [-0.2, -0.15) is 0 Å². The van der Waals surface area contributed by atoms with E-state index in [0.29, 0.717) is 0 Å². The molecule has 9 heavy (non-hydrogen) atoms. The molecule has 0 saturated carbocycles. The van der Waals surface area contributed by atoms with Crippen LogP contribution in [-0.2, 0) is 0 Å². The Balaban J connectivity index is 3.25. The molecule has 0 aromatic carbocycles. The average molecular weight is 122 g/mol. The van der Waals surface area contributed by atoms with Gasteiger partial charge in [-0.1, -0.05) is 36.5 Å². The van der Waals surface area contributed by atoms with Crippen LogP contribution in [0.2, 0.25) is 0 Å². The van der Waals surface area contributed by atoms with Gasteiger partial charge in [0.25, 0.3) is 0 Å². The fourth-order valence-corrected chi connectivity index (χ4v) is 0.483. The van der Waals surface area contributed by atoms with E-state index in [-0.39, 0.29) is 0 Å². The highest BCUT2D eigenvalue weighted by Crippen LogP contribution is 1.85. The number of hydrogen-bond acceptors (Lipinski definition) is 0. The summed E-state index contributed by atoms with van der Waals surface area (Å²) >= 11 is 0. The molecular formula is C9H14. The molecular weight excluding hydrogens is 108 g/mol. The van der Waals surface area contributed by atoms with Crippen LogP contribution in [-0.4, -0.2) is 0 Å². The molecule has 0 saturated heterocycles. The summed E-state index contributed by atoms with van der Waals surface area (Å²) in [7, 11) is 0. The van der Waals surface area contributed by atoms with Crippen molar-refractivity contribution < 1.29 is 0 Å². The third-order valence-electron chi connectivity index (χ3n) is 0.948. The Morgan fingerprint density at radius 2 is 1.67 bits per heavy atom.